The van der Waals surface area contributed by atoms with Crippen molar-refractivity contribution in [3.63, 3.8) is 0 Å². The predicted molar refractivity (Wildman–Crippen MR) is 62.4 cm³/mol. The number of hydrogen-bond donors (Lipinski definition) is 0. The van der Waals surface area contributed by atoms with Gasteiger partial charge in [0.25, 0.3) is 0 Å². The van der Waals surface area contributed by atoms with Crippen LogP contribution in [0.3, 0.4) is 0 Å². The maximum absolute atomic E-state index is 11.5. The zero-order chi connectivity index (χ0) is 11.5. The highest BCUT2D eigenvalue weighted by Gasteiger charge is 2.14. The lowest BCUT2D eigenvalue weighted by Crippen LogP contribution is -2.10. The van der Waals surface area contributed by atoms with E-state index in [1.807, 2.05) is 6.92 Å². The molecule has 0 heterocycles. The van der Waals surface area contributed by atoms with Crippen molar-refractivity contribution in [2.45, 2.75) is 65.2 Å². The van der Waals surface area contributed by atoms with Crippen molar-refractivity contribution < 1.29 is 4.79 Å². The summed E-state index contributed by atoms with van der Waals surface area (Å²) in [4.78, 5) is 11.5. The minimum absolute atomic E-state index is 0.135. The van der Waals surface area contributed by atoms with Crippen LogP contribution in [-0.4, -0.2) is 5.78 Å². The largest absolute Gasteiger partial charge is 0.298 e. The molecule has 0 rings (SSSR count). The minimum Gasteiger partial charge on any atom is -0.298 e. The van der Waals surface area contributed by atoms with Gasteiger partial charge in [-0.25, -0.2) is 0 Å². The summed E-state index contributed by atoms with van der Waals surface area (Å²) in [5.41, 5.74) is 0. The van der Waals surface area contributed by atoms with Crippen LogP contribution in [0.15, 0.2) is 0 Å². The number of carbonyl (C=O) groups is 1. The van der Waals surface area contributed by atoms with E-state index in [9.17, 15) is 4.79 Å². The summed E-state index contributed by atoms with van der Waals surface area (Å²) in [6.45, 7) is 4.09. The van der Waals surface area contributed by atoms with Crippen molar-refractivity contribution in [2.75, 3.05) is 0 Å². The van der Waals surface area contributed by atoms with Gasteiger partial charge in [-0.15, -0.1) is 0 Å². The van der Waals surface area contributed by atoms with E-state index in [0.717, 1.165) is 12.8 Å². The Hall–Kier alpha value is -0.840. The monoisotopic (exact) mass is 209 g/mol. The maximum Gasteiger partial charge on any atom is 0.149 e. The summed E-state index contributed by atoms with van der Waals surface area (Å²) in [7, 11) is 0. The molecule has 0 fully saturated rings. The molecule has 0 saturated carbocycles. The van der Waals surface area contributed by atoms with Gasteiger partial charge in [0.2, 0.25) is 0 Å². The second-order valence-corrected chi connectivity index (χ2v) is 4.07. The van der Waals surface area contributed by atoms with Gasteiger partial charge in [0.15, 0.2) is 0 Å². The fourth-order valence-corrected chi connectivity index (χ4v) is 1.64. The van der Waals surface area contributed by atoms with Gasteiger partial charge in [0, 0.05) is 6.42 Å². The number of Topliss-reactive ketones (excluding diaryl/α,β-unsaturated/α-hetero) is 1. The average molecular weight is 209 g/mol. The topological polar surface area (TPSA) is 40.9 Å². The minimum atomic E-state index is -0.361. The average Bonchev–Trinajstić information content (AvgIpc) is 2.25. The van der Waals surface area contributed by atoms with E-state index in [4.69, 9.17) is 5.26 Å². The third-order valence-corrected chi connectivity index (χ3v) is 2.73. The third kappa shape index (κ3) is 7.13. The zero-order valence-electron chi connectivity index (χ0n) is 10.1. The molecule has 0 aromatic carbocycles. The zero-order valence-corrected chi connectivity index (χ0v) is 10.1. The number of nitrogens with zero attached hydrogens (tertiary/aromatic N) is 1. The fourth-order valence-electron chi connectivity index (χ4n) is 1.64. The van der Waals surface area contributed by atoms with Crippen molar-refractivity contribution in [1.29, 1.82) is 5.26 Å². The Labute approximate surface area is 93.7 Å². The second kappa shape index (κ2) is 9.71. The summed E-state index contributed by atoms with van der Waals surface area (Å²) in [5, 5.41) is 8.70. The van der Waals surface area contributed by atoms with Gasteiger partial charge in [-0.2, -0.15) is 5.26 Å². The Morgan fingerprint density at radius 2 is 1.73 bits per heavy atom. The number of carbonyl (C=O) groups excluding carboxylic acids is 1. The quantitative estimate of drug-likeness (QED) is 0.541. The first-order chi connectivity index (χ1) is 7.26. The van der Waals surface area contributed by atoms with Crippen molar-refractivity contribution in [2.24, 2.45) is 5.92 Å². The number of ketones is 1. The van der Waals surface area contributed by atoms with Gasteiger partial charge < -0.3 is 0 Å². The summed E-state index contributed by atoms with van der Waals surface area (Å²) >= 11 is 0. The molecular weight excluding hydrogens is 186 g/mol. The summed E-state index contributed by atoms with van der Waals surface area (Å²) < 4.78 is 0. The van der Waals surface area contributed by atoms with Crippen LogP contribution in [0.4, 0.5) is 0 Å². The van der Waals surface area contributed by atoms with E-state index >= 15 is 0 Å². The van der Waals surface area contributed by atoms with Crippen molar-refractivity contribution in [3.8, 4) is 6.07 Å². The molecule has 1 atom stereocenters. The Bertz CT molecular complexity index is 205. The fraction of sp³-hybridized carbons (Fsp3) is 0.846. The van der Waals surface area contributed by atoms with Crippen LogP contribution in [0, 0.1) is 17.2 Å². The van der Waals surface area contributed by atoms with Gasteiger partial charge in [-0.3, -0.25) is 4.79 Å². The van der Waals surface area contributed by atoms with E-state index in [1.165, 1.54) is 25.7 Å². The number of rotatable bonds is 9. The van der Waals surface area contributed by atoms with Crippen LogP contribution in [0.25, 0.3) is 0 Å². The van der Waals surface area contributed by atoms with E-state index < -0.39 is 0 Å². The molecule has 0 saturated heterocycles. The highest BCUT2D eigenvalue weighted by molar-refractivity contribution is 5.83. The van der Waals surface area contributed by atoms with Crippen molar-refractivity contribution in [3.05, 3.63) is 0 Å². The molecule has 0 aliphatic rings. The lowest BCUT2D eigenvalue weighted by Gasteiger charge is -2.04. The molecule has 0 N–H and O–H groups in total. The smallest absolute Gasteiger partial charge is 0.149 e. The van der Waals surface area contributed by atoms with Crippen molar-refractivity contribution in [1.82, 2.24) is 0 Å². The van der Waals surface area contributed by atoms with Gasteiger partial charge in [-0.05, 0) is 12.8 Å². The lowest BCUT2D eigenvalue weighted by molar-refractivity contribution is -0.121. The number of unbranched alkanes of at least 4 members (excludes halogenated alkanes) is 5. The number of hydrogen-bond acceptors (Lipinski definition) is 2. The van der Waals surface area contributed by atoms with Gasteiger partial charge in [-0.1, -0.05) is 46.0 Å². The van der Waals surface area contributed by atoms with E-state index in [0.29, 0.717) is 12.8 Å². The summed E-state index contributed by atoms with van der Waals surface area (Å²) in [5.74, 6) is -0.226. The third-order valence-electron chi connectivity index (χ3n) is 2.73. The molecule has 2 nitrogen and oxygen atoms in total. The van der Waals surface area contributed by atoms with Gasteiger partial charge >= 0.3 is 0 Å². The van der Waals surface area contributed by atoms with E-state index in [2.05, 4.69) is 13.0 Å². The van der Waals surface area contributed by atoms with Crippen LogP contribution in [0.2, 0.25) is 0 Å². The normalized spacial score (nSPS) is 12.1. The molecule has 1 unspecified atom stereocenters. The lowest BCUT2D eigenvalue weighted by atomic mass is 9.98. The van der Waals surface area contributed by atoms with Gasteiger partial charge in [0.1, 0.15) is 11.7 Å². The number of nitriles is 1. The van der Waals surface area contributed by atoms with Crippen LogP contribution in [0.5, 0.6) is 0 Å². The Morgan fingerprint density at radius 3 is 2.27 bits per heavy atom. The predicted octanol–water partition coefficient (Wildman–Crippen LogP) is 3.86. The van der Waals surface area contributed by atoms with Crippen LogP contribution >= 0.6 is 0 Å². The molecule has 0 radical (unpaired) electrons. The highest BCUT2D eigenvalue weighted by Crippen LogP contribution is 2.11. The molecule has 0 bridgehead atoms. The molecule has 0 aromatic heterocycles. The summed E-state index contributed by atoms with van der Waals surface area (Å²) in [6.07, 6.45) is 8.40. The second-order valence-electron chi connectivity index (χ2n) is 4.07. The maximum atomic E-state index is 11.5. The molecule has 86 valence electrons. The van der Waals surface area contributed by atoms with Crippen LogP contribution < -0.4 is 0 Å². The molecule has 0 aliphatic carbocycles. The molecule has 0 aliphatic heterocycles. The van der Waals surface area contributed by atoms with Crippen molar-refractivity contribution >= 4 is 5.78 Å². The molecule has 0 aromatic rings. The molecule has 0 spiro atoms. The van der Waals surface area contributed by atoms with E-state index in [1.54, 1.807) is 0 Å². The first kappa shape index (κ1) is 14.2. The first-order valence-corrected chi connectivity index (χ1v) is 6.18. The molecule has 0 amide bonds. The van der Waals surface area contributed by atoms with Crippen LogP contribution in [0.1, 0.15) is 65.2 Å². The first-order valence-electron chi connectivity index (χ1n) is 6.18. The highest BCUT2D eigenvalue weighted by atomic mass is 16.1. The Morgan fingerprint density at radius 1 is 1.13 bits per heavy atom. The van der Waals surface area contributed by atoms with E-state index in [-0.39, 0.29) is 11.7 Å². The standard InChI is InChI=1S/C13H23NO/c1-3-5-6-7-8-9-10-13(15)12(4-2)11-14/h12H,3-10H2,1-2H3. The Kier molecular flexibility index (Phi) is 9.16. The van der Waals surface area contributed by atoms with Gasteiger partial charge in [0.05, 0.1) is 6.07 Å². The summed E-state index contributed by atoms with van der Waals surface area (Å²) in [6, 6.07) is 2.06. The molecule has 2 heteroatoms. The van der Waals surface area contributed by atoms with Crippen LogP contribution in [-0.2, 0) is 4.79 Å². The SMILES string of the molecule is CCCCCCCCC(=O)C(C#N)CC. The molecular formula is C13H23NO. The Balaban J connectivity index is 3.43. The molecule has 15 heavy (non-hydrogen) atoms.